The van der Waals surface area contributed by atoms with Crippen LogP contribution < -0.4 is 10.2 Å². The Labute approximate surface area is 145 Å². The Balaban J connectivity index is 1.37. The van der Waals surface area contributed by atoms with Gasteiger partial charge in [-0.25, -0.2) is 4.79 Å². The molecular formula is C17H21N5O3. The molecule has 0 bridgehead atoms. The first-order chi connectivity index (χ1) is 12.0. The van der Waals surface area contributed by atoms with Gasteiger partial charge >= 0.3 is 6.03 Å². The van der Waals surface area contributed by atoms with E-state index in [-0.39, 0.29) is 12.1 Å². The normalized spacial score (nSPS) is 20.2. The molecule has 2 aliphatic rings. The molecule has 1 aromatic carbocycles. The molecule has 1 saturated heterocycles. The van der Waals surface area contributed by atoms with E-state index in [9.17, 15) is 4.79 Å². The van der Waals surface area contributed by atoms with E-state index in [2.05, 4.69) is 15.5 Å². The van der Waals surface area contributed by atoms with E-state index in [0.717, 1.165) is 17.6 Å². The predicted octanol–water partition coefficient (Wildman–Crippen LogP) is 2.52. The summed E-state index contributed by atoms with van der Waals surface area (Å²) in [5.74, 6) is 0.315. The van der Waals surface area contributed by atoms with E-state index in [1.807, 2.05) is 33.2 Å². The van der Waals surface area contributed by atoms with Crippen molar-refractivity contribution < 1.29 is 14.0 Å². The lowest BCUT2D eigenvalue weighted by molar-refractivity contribution is 0.0991. The van der Waals surface area contributed by atoms with Gasteiger partial charge in [-0.1, -0.05) is 5.16 Å². The quantitative estimate of drug-likeness (QED) is 0.926. The Morgan fingerprint density at radius 2 is 2.16 bits per heavy atom. The highest BCUT2D eigenvalue weighted by molar-refractivity contribution is 5.95. The van der Waals surface area contributed by atoms with Gasteiger partial charge in [-0.3, -0.25) is 0 Å². The van der Waals surface area contributed by atoms with Crippen molar-refractivity contribution in [3.8, 4) is 0 Å². The second-order valence-corrected chi connectivity index (χ2v) is 6.81. The predicted molar refractivity (Wildman–Crippen MR) is 95.0 cm³/mol. The van der Waals surface area contributed by atoms with Crippen LogP contribution in [0.2, 0.25) is 0 Å². The maximum atomic E-state index is 12.4. The summed E-state index contributed by atoms with van der Waals surface area (Å²) in [7, 11) is 3.74. The smallest absolute Gasteiger partial charge is 0.321 e. The van der Waals surface area contributed by atoms with Crippen LogP contribution in [0.4, 0.5) is 16.5 Å². The zero-order chi connectivity index (χ0) is 17.6. The van der Waals surface area contributed by atoms with Crippen molar-refractivity contribution in [2.24, 2.45) is 11.1 Å². The third-order valence-corrected chi connectivity index (χ3v) is 4.50. The molecule has 8 heteroatoms. The minimum absolute atomic E-state index is 0.115. The largest absolute Gasteiger partial charge is 0.423 e. The third kappa shape index (κ3) is 2.99. The molecule has 0 radical (unpaired) electrons. The lowest BCUT2D eigenvalue weighted by Gasteiger charge is -2.38. The van der Waals surface area contributed by atoms with Crippen molar-refractivity contribution in [1.82, 2.24) is 9.88 Å². The number of anilines is 2. The van der Waals surface area contributed by atoms with Gasteiger partial charge in [0.1, 0.15) is 11.6 Å². The molecule has 0 aliphatic carbocycles. The lowest BCUT2D eigenvalue weighted by Crippen LogP contribution is -2.54. The lowest BCUT2D eigenvalue weighted by atomic mass is 9.92. The maximum absolute atomic E-state index is 12.4. The summed E-state index contributed by atoms with van der Waals surface area (Å²) < 4.78 is 5.67. The van der Waals surface area contributed by atoms with Crippen molar-refractivity contribution in [1.29, 1.82) is 0 Å². The summed E-state index contributed by atoms with van der Waals surface area (Å²) in [5, 5.41) is 7.01. The van der Waals surface area contributed by atoms with Crippen molar-refractivity contribution in [2.75, 3.05) is 37.4 Å². The minimum atomic E-state index is -0.115. The monoisotopic (exact) mass is 343 g/mol. The Hall–Kier alpha value is -2.77. The fourth-order valence-corrected chi connectivity index (χ4v) is 3.01. The number of oxazole rings is 1. The highest BCUT2D eigenvalue weighted by atomic mass is 16.6. The molecule has 4 rings (SSSR count). The van der Waals surface area contributed by atoms with Crippen LogP contribution in [0.25, 0.3) is 11.1 Å². The number of carbonyl (C=O) groups excluding carboxylic acids is 1. The first-order valence-electron chi connectivity index (χ1n) is 8.36. The number of amides is 2. The molecule has 2 amide bonds. The fourth-order valence-electron chi connectivity index (χ4n) is 3.01. The van der Waals surface area contributed by atoms with Gasteiger partial charge in [-0.15, -0.1) is 0 Å². The number of urea groups is 1. The number of aromatic nitrogens is 1. The van der Waals surface area contributed by atoms with Crippen LogP contribution in [0.1, 0.15) is 13.3 Å². The molecule has 132 valence electrons. The molecular weight excluding hydrogens is 322 g/mol. The standard InChI is InChI=1S/C17H21N5O3/c1-10-6-14(20-25-10)11-8-22(9-11)16(23)18-12-4-5-13-15(7-12)24-17(19-13)21(2)3/h4-5,7,10-11H,6,8-9H2,1-3H3,(H,18,23). The van der Waals surface area contributed by atoms with Gasteiger partial charge in [0, 0.05) is 51.3 Å². The highest BCUT2D eigenvalue weighted by Gasteiger charge is 2.36. The number of oxime groups is 1. The summed E-state index contributed by atoms with van der Waals surface area (Å²) in [6.07, 6.45) is 1.01. The van der Waals surface area contributed by atoms with E-state index in [1.165, 1.54) is 0 Å². The van der Waals surface area contributed by atoms with Crippen LogP contribution >= 0.6 is 0 Å². The summed E-state index contributed by atoms with van der Waals surface area (Å²) in [5.41, 5.74) is 3.17. The van der Waals surface area contributed by atoms with Crippen molar-refractivity contribution in [3.63, 3.8) is 0 Å². The van der Waals surface area contributed by atoms with Gasteiger partial charge in [0.25, 0.3) is 6.01 Å². The molecule has 1 fully saturated rings. The SMILES string of the molecule is CC1CC(C2CN(C(=O)Nc3ccc4nc(N(C)C)oc4c3)C2)=NO1. The molecule has 0 saturated carbocycles. The van der Waals surface area contributed by atoms with Crippen LogP contribution in [0.5, 0.6) is 0 Å². The zero-order valence-electron chi connectivity index (χ0n) is 14.5. The number of nitrogens with one attached hydrogen (secondary N) is 1. The van der Waals surface area contributed by atoms with Gasteiger partial charge in [0.05, 0.1) is 5.71 Å². The topological polar surface area (TPSA) is 83.2 Å². The zero-order valence-corrected chi connectivity index (χ0v) is 14.5. The van der Waals surface area contributed by atoms with Gasteiger partial charge in [-0.2, -0.15) is 4.98 Å². The number of likely N-dealkylation sites (tertiary alicyclic amines) is 1. The summed E-state index contributed by atoms with van der Waals surface area (Å²) in [4.78, 5) is 25.5. The molecule has 1 N–H and O–H groups in total. The second kappa shape index (κ2) is 5.94. The number of carbonyl (C=O) groups is 1. The molecule has 3 heterocycles. The number of rotatable bonds is 3. The van der Waals surface area contributed by atoms with Gasteiger partial charge in [0.15, 0.2) is 5.58 Å². The Kier molecular flexibility index (Phi) is 3.74. The Bertz CT molecular complexity index is 838. The van der Waals surface area contributed by atoms with Gasteiger partial charge < -0.3 is 24.4 Å². The number of hydrogen-bond acceptors (Lipinski definition) is 6. The molecule has 25 heavy (non-hydrogen) atoms. The number of nitrogens with zero attached hydrogens (tertiary/aromatic N) is 4. The van der Waals surface area contributed by atoms with Crippen LogP contribution in [-0.2, 0) is 4.84 Å². The number of benzene rings is 1. The highest BCUT2D eigenvalue weighted by Crippen LogP contribution is 2.26. The van der Waals surface area contributed by atoms with Crippen molar-refractivity contribution in [2.45, 2.75) is 19.4 Å². The van der Waals surface area contributed by atoms with Crippen molar-refractivity contribution in [3.05, 3.63) is 18.2 Å². The van der Waals surface area contributed by atoms with E-state index in [0.29, 0.717) is 36.3 Å². The number of fused-ring (bicyclic) bond motifs is 1. The van der Waals surface area contributed by atoms with Crippen molar-refractivity contribution >= 4 is 34.5 Å². The van der Waals surface area contributed by atoms with E-state index >= 15 is 0 Å². The first kappa shape index (κ1) is 15.7. The maximum Gasteiger partial charge on any atom is 0.321 e. The molecule has 0 spiro atoms. The molecule has 8 nitrogen and oxygen atoms in total. The average Bonchev–Trinajstić information content (AvgIpc) is 3.11. The summed E-state index contributed by atoms with van der Waals surface area (Å²) in [6.45, 7) is 3.35. The number of hydrogen-bond donors (Lipinski definition) is 1. The minimum Gasteiger partial charge on any atom is -0.423 e. The van der Waals surface area contributed by atoms with E-state index in [1.54, 1.807) is 15.9 Å². The fraction of sp³-hybridized carbons (Fsp3) is 0.471. The summed E-state index contributed by atoms with van der Waals surface area (Å²) in [6, 6.07) is 5.89. The average molecular weight is 343 g/mol. The van der Waals surface area contributed by atoms with Crippen LogP contribution in [0.15, 0.2) is 27.8 Å². The molecule has 2 aromatic rings. The van der Waals surface area contributed by atoms with E-state index < -0.39 is 0 Å². The first-order valence-corrected chi connectivity index (χ1v) is 8.36. The van der Waals surface area contributed by atoms with Gasteiger partial charge in [-0.05, 0) is 19.1 Å². The van der Waals surface area contributed by atoms with E-state index in [4.69, 9.17) is 9.25 Å². The summed E-state index contributed by atoms with van der Waals surface area (Å²) >= 11 is 0. The van der Waals surface area contributed by atoms with Crippen LogP contribution in [-0.4, -0.2) is 54.9 Å². The second-order valence-electron chi connectivity index (χ2n) is 6.81. The molecule has 1 unspecified atom stereocenters. The molecule has 2 aliphatic heterocycles. The molecule has 1 atom stereocenters. The van der Waals surface area contributed by atoms with Crippen LogP contribution in [0.3, 0.4) is 0 Å². The Morgan fingerprint density at radius 3 is 2.84 bits per heavy atom. The molecule has 1 aromatic heterocycles. The third-order valence-electron chi connectivity index (χ3n) is 4.50. The Morgan fingerprint density at radius 1 is 1.36 bits per heavy atom. The van der Waals surface area contributed by atoms with Crippen LogP contribution in [0, 0.1) is 5.92 Å². The van der Waals surface area contributed by atoms with Gasteiger partial charge in [0.2, 0.25) is 0 Å².